The topological polar surface area (TPSA) is 24.5 Å². The van der Waals surface area contributed by atoms with Gasteiger partial charge in [0.25, 0.3) is 0 Å². The Labute approximate surface area is 112 Å². The molecule has 0 amide bonds. The van der Waals surface area contributed by atoms with E-state index in [0.717, 1.165) is 19.0 Å². The number of hydrogen-bond acceptors (Lipinski definition) is 3. The lowest BCUT2D eigenvalue weighted by Gasteiger charge is -2.42. The van der Waals surface area contributed by atoms with Gasteiger partial charge >= 0.3 is 0 Å². The molecule has 0 saturated carbocycles. The maximum absolute atomic E-state index is 6.27. The molecule has 2 heterocycles. The van der Waals surface area contributed by atoms with E-state index in [4.69, 9.17) is 4.74 Å². The van der Waals surface area contributed by atoms with Crippen LogP contribution in [0.3, 0.4) is 0 Å². The Kier molecular flexibility index (Phi) is 4.05. The average molecular weight is 254 g/mol. The van der Waals surface area contributed by atoms with Crippen LogP contribution in [0, 0.1) is 0 Å². The molecule has 1 unspecified atom stereocenters. The van der Waals surface area contributed by atoms with Gasteiger partial charge < -0.3 is 10.1 Å². The largest absolute Gasteiger partial charge is 0.368 e. The van der Waals surface area contributed by atoms with Crippen LogP contribution >= 0.6 is 0 Å². The Hall–Kier alpha value is -0.120. The fourth-order valence-electron chi connectivity index (χ4n) is 3.92. The number of ether oxygens (including phenoxy) is 1. The number of nitrogens with zero attached hydrogens (tertiary/aromatic N) is 1. The predicted molar refractivity (Wildman–Crippen MR) is 75.9 cm³/mol. The third-order valence-corrected chi connectivity index (χ3v) is 4.57. The highest BCUT2D eigenvalue weighted by Gasteiger charge is 2.49. The van der Waals surface area contributed by atoms with E-state index in [1.807, 2.05) is 0 Å². The summed E-state index contributed by atoms with van der Waals surface area (Å²) < 4.78 is 6.27. The highest BCUT2D eigenvalue weighted by atomic mass is 16.5. The first-order chi connectivity index (χ1) is 8.36. The molecule has 18 heavy (non-hydrogen) atoms. The number of likely N-dealkylation sites (N-methyl/N-ethyl adjacent to an activating group) is 1. The molecule has 3 heteroatoms. The van der Waals surface area contributed by atoms with Gasteiger partial charge in [0.1, 0.15) is 0 Å². The summed E-state index contributed by atoms with van der Waals surface area (Å²) in [4.78, 5) is 2.70. The van der Waals surface area contributed by atoms with Gasteiger partial charge in [-0.2, -0.15) is 0 Å². The summed E-state index contributed by atoms with van der Waals surface area (Å²) in [5.74, 6) is 0. The number of piperidine rings is 1. The normalized spacial score (nSPS) is 32.0. The van der Waals surface area contributed by atoms with E-state index in [0.29, 0.717) is 6.04 Å². The SMILES string of the molecule is CCN(C1CCNCC1)C1CC(C)(C)OC1(C)C. The Balaban J connectivity index is 2.11. The van der Waals surface area contributed by atoms with Crippen molar-refractivity contribution >= 4 is 0 Å². The summed E-state index contributed by atoms with van der Waals surface area (Å²) in [6.07, 6.45) is 3.71. The minimum Gasteiger partial charge on any atom is -0.368 e. The molecule has 2 aliphatic rings. The Morgan fingerprint density at radius 1 is 1.17 bits per heavy atom. The van der Waals surface area contributed by atoms with Crippen molar-refractivity contribution in [2.24, 2.45) is 0 Å². The molecule has 2 rings (SSSR count). The van der Waals surface area contributed by atoms with Crippen LogP contribution in [0.25, 0.3) is 0 Å². The maximum Gasteiger partial charge on any atom is 0.0789 e. The summed E-state index contributed by atoms with van der Waals surface area (Å²) in [6, 6.07) is 1.29. The van der Waals surface area contributed by atoms with Gasteiger partial charge in [-0.25, -0.2) is 0 Å². The first-order valence-corrected chi connectivity index (χ1v) is 7.52. The maximum atomic E-state index is 6.27. The molecule has 2 aliphatic heterocycles. The van der Waals surface area contributed by atoms with Gasteiger partial charge in [-0.05, 0) is 66.6 Å². The molecule has 0 radical (unpaired) electrons. The predicted octanol–water partition coefficient (Wildman–Crippen LogP) is 2.41. The molecular formula is C15H30N2O. The molecule has 1 atom stereocenters. The second-order valence-electron chi connectivity index (χ2n) is 7.00. The van der Waals surface area contributed by atoms with Crippen LogP contribution in [0.4, 0.5) is 0 Å². The Morgan fingerprint density at radius 2 is 1.78 bits per heavy atom. The quantitative estimate of drug-likeness (QED) is 0.837. The molecule has 106 valence electrons. The lowest BCUT2D eigenvalue weighted by Crippen LogP contribution is -2.53. The summed E-state index contributed by atoms with van der Waals surface area (Å²) in [6.45, 7) is 14.7. The van der Waals surface area contributed by atoms with Crippen molar-refractivity contribution < 1.29 is 4.74 Å². The molecule has 0 aromatic heterocycles. The van der Waals surface area contributed by atoms with E-state index in [2.05, 4.69) is 44.8 Å². The van der Waals surface area contributed by atoms with Gasteiger partial charge in [0, 0.05) is 12.1 Å². The lowest BCUT2D eigenvalue weighted by molar-refractivity contribution is -0.0847. The first-order valence-electron chi connectivity index (χ1n) is 7.52. The van der Waals surface area contributed by atoms with E-state index < -0.39 is 0 Å². The third kappa shape index (κ3) is 2.89. The van der Waals surface area contributed by atoms with Crippen LogP contribution in [0.15, 0.2) is 0 Å². The van der Waals surface area contributed by atoms with Gasteiger partial charge in [-0.1, -0.05) is 6.92 Å². The van der Waals surface area contributed by atoms with Crippen LogP contribution in [-0.2, 0) is 4.74 Å². The first kappa shape index (κ1) is 14.3. The van der Waals surface area contributed by atoms with E-state index in [1.165, 1.54) is 25.9 Å². The summed E-state index contributed by atoms with van der Waals surface area (Å²) in [5, 5.41) is 3.46. The van der Waals surface area contributed by atoms with Crippen molar-refractivity contribution in [1.82, 2.24) is 10.2 Å². The summed E-state index contributed by atoms with van der Waals surface area (Å²) in [5.41, 5.74) is -0.00110. The van der Waals surface area contributed by atoms with Gasteiger partial charge in [-0.3, -0.25) is 4.90 Å². The van der Waals surface area contributed by atoms with E-state index in [-0.39, 0.29) is 11.2 Å². The van der Waals surface area contributed by atoms with Crippen molar-refractivity contribution in [2.45, 2.75) is 77.2 Å². The monoisotopic (exact) mass is 254 g/mol. The zero-order chi connectivity index (χ0) is 13.4. The molecule has 0 spiro atoms. The number of rotatable bonds is 3. The van der Waals surface area contributed by atoms with Crippen molar-refractivity contribution in [3.05, 3.63) is 0 Å². The van der Waals surface area contributed by atoms with Crippen LogP contribution < -0.4 is 5.32 Å². The Bertz CT molecular complexity index is 282. The molecule has 2 saturated heterocycles. The molecule has 2 fully saturated rings. The fraction of sp³-hybridized carbons (Fsp3) is 1.00. The Morgan fingerprint density at radius 3 is 2.22 bits per heavy atom. The molecule has 1 N–H and O–H groups in total. The molecule has 3 nitrogen and oxygen atoms in total. The van der Waals surface area contributed by atoms with Crippen molar-refractivity contribution in [2.75, 3.05) is 19.6 Å². The van der Waals surface area contributed by atoms with Gasteiger partial charge in [-0.15, -0.1) is 0 Å². The summed E-state index contributed by atoms with van der Waals surface area (Å²) >= 11 is 0. The van der Waals surface area contributed by atoms with E-state index >= 15 is 0 Å². The highest BCUT2D eigenvalue weighted by Crippen LogP contribution is 2.41. The highest BCUT2D eigenvalue weighted by molar-refractivity contribution is 5.01. The second-order valence-corrected chi connectivity index (χ2v) is 7.00. The minimum atomic E-state index is -0.0234. The average Bonchev–Trinajstić information content (AvgIpc) is 2.50. The molecular weight excluding hydrogens is 224 g/mol. The van der Waals surface area contributed by atoms with Crippen molar-refractivity contribution in [3.63, 3.8) is 0 Å². The molecule has 0 bridgehead atoms. The fourth-order valence-corrected chi connectivity index (χ4v) is 3.92. The number of hydrogen-bond donors (Lipinski definition) is 1. The van der Waals surface area contributed by atoms with E-state index in [9.17, 15) is 0 Å². The zero-order valence-electron chi connectivity index (χ0n) is 12.8. The molecule has 0 aliphatic carbocycles. The smallest absolute Gasteiger partial charge is 0.0789 e. The van der Waals surface area contributed by atoms with Crippen LogP contribution in [0.1, 0.15) is 53.9 Å². The second kappa shape index (κ2) is 5.10. The molecule has 0 aromatic rings. The standard InChI is InChI=1S/C15H30N2O/c1-6-17(12-7-9-16-10-8-12)13-11-14(2,3)18-15(13,4)5/h12-13,16H,6-11H2,1-5H3. The lowest BCUT2D eigenvalue weighted by atomic mass is 9.90. The van der Waals surface area contributed by atoms with Gasteiger partial charge in [0.15, 0.2) is 0 Å². The zero-order valence-corrected chi connectivity index (χ0v) is 12.8. The van der Waals surface area contributed by atoms with Crippen LogP contribution in [0.5, 0.6) is 0 Å². The van der Waals surface area contributed by atoms with E-state index in [1.54, 1.807) is 0 Å². The van der Waals surface area contributed by atoms with Gasteiger partial charge in [0.2, 0.25) is 0 Å². The van der Waals surface area contributed by atoms with Crippen LogP contribution in [-0.4, -0.2) is 47.8 Å². The third-order valence-electron chi connectivity index (χ3n) is 4.57. The van der Waals surface area contributed by atoms with Crippen molar-refractivity contribution in [1.29, 1.82) is 0 Å². The number of nitrogens with one attached hydrogen (secondary N) is 1. The van der Waals surface area contributed by atoms with Crippen molar-refractivity contribution in [3.8, 4) is 0 Å². The van der Waals surface area contributed by atoms with Gasteiger partial charge in [0.05, 0.1) is 11.2 Å². The van der Waals surface area contributed by atoms with Crippen LogP contribution in [0.2, 0.25) is 0 Å². The minimum absolute atomic E-state index is 0.0223. The molecule has 0 aromatic carbocycles. The summed E-state index contributed by atoms with van der Waals surface area (Å²) in [7, 11) is 0.